The van der Waals surface area contributed by atoms with Gasteiger partial charge in [0.2, 0.25) is 5.91 Å². The number of hydrogen-bond donors (Lipinski definition) is 4. The third kappa shape index (κ3) is 3.71. The number of aliphatic carboxylic acids is 1. The third-order valence-electron chi connectivity index (χ3n) is 5.88. The minimum absolute atomic E-state index is 0.0518. The molecule has 10 nitrogen and oxygen atoms in total. The van der Waals surface area contributed by atoms with Gasteiger partial charge in [-0.15, -0.1) is 23.1 Å². The predicted molar refractivity (Wildman–Crippen MR) is 117 cm³/mol. The van der Waals surface area contributed by atoms with E-state index in [-0.39, 0.29) is 34.7 Å². The molecule has 4 heterocycles. The lowest BCUT2D eigenvalue weighted by molar-refractivity contribution is -0.163. The molecule has 0 radical (unpaired) electrons. The number of carboxylic acids is 1. The number of nitrogens with two attached hydrogens (primary N) is 1. The first-order valence-electron chi connectivity index (χ1n) is 10.1. The second-order valence-corrected chi connectivity index (χ2v) is 10.2. The molecule has 0 spiro atoms. The number of nitrogens with zero attached hydrogens (tertiary/aromatic N) is 3. The largest absolute Gasteiger partial charge is 0.477 e. The number of thioether (sulfide) groups is 1. The number of nitrogens with one attached hydrogen (secondary N) is 1. The van der Waals surface area contributed by atoms with Crippen LogP contribution in [0.3, 0.4) is 0 Å². The van der Waals surface area contributed by atoms with Gasteiger partial charge in [0.15, 0.2) is 5.13 Å². The van der Waals surface area contributed by atoms with E-state index in [0.29, 0.717) is 36.8 Å². The van der Waals surface area contributed by atoms with Crippen molar-refractivity contribution in [1.82, 2.24) is 15.2 Å². The number of carbonyl (C=O) groups excluding carboxylic acids is 2. The Labute approximate surface area is 187 Å². The minimum Gasteiger partial charge on any atom is -0.477 e. The van der Waals surface area contributed by atoms with E-state index in [1.807, 2.05) is 11.8 Å². The molecule has 1 aromatic heterocycles. The molecule has 2 saturated heterocycles. The van der Waals surface area contributed by atoms with Crippen molar-refractivity contribution in [2.75, 3.05) is 31.1 Å². The number of aliphatic hydroxyl groups excluding tert-OH is 1. The van der Waals surface area contributed by atoms with Gasteiger partial charge in [-0.25, -0.2) is 9.78 Å². The maximum atomic E-state index is 12.4. The summed E-state index contributed by atoms with van der Waals surface area (Å²) >= 11 is 2.88. The van der Waals surface area contributed by atoms with E-state index in [1.165, 1.54) is 28.0 Å². The van der Waals surface area contributed by atoms with Crippen LogP contribution in [-0.2, 0) is 9.59 Å². The number of aliphatic hydroxyl groups is 1. The number of carboxylic acid groups (broad SMARTS) is 1. The van der Waals surface area contributed by atoms with Crippen molar-refractivity contribution >= 4 is 46.0 Å². The van der Waals surface area contributed by atoms with Gasteiger partial charge in [-0.3, -0.25) is 9.59 Å². The van der Waals surface area contributed by atoms with Crippen LogP contribution in [0.5, 0.6) is 0 Å². The van der Waals surface area contributed by atoms with Gasteiger partial charge < -0.3 is 31.1 Å². The molecule has 4 atom stereocenters. The zero-order valence-electron chi connectivity index (χ0n) is 17.1. The van der Waals surface area contributed by atoms with Crippen molar-refractivity contribution < 1.29 is 24.6 Å². The summed E-state index contributed by atoms with van der Waals surface area (Å²) < 4.78 is 0. The summed E-state index contributed by atoms with van der Waals surface area (Å²) in [4.78, 5) is 44.8. The highest BCUT2D eigenvalue weighted by Crippen LogP contribution is 2.52. The number of hydrogen-bond acceptors (Lipinski definition) is 9. The molecule has 3 aliphatic heterocycles. The molecule has 0 saturated carbocycles. The summed E-state index contributed by atoms with van der Waals surface area (Å²) in [5.74, 6) is -2.38. The lowest BCUT2D eigenvalue weighted by Gasteiger charge is -2.46. The number of thiazole rings is 1. The summed E-state index contributed by atoms with van der Waals surface area (Å²) in [7, 11) is 0. The van der Waals surface area contributed by atoms with Crippen LogP contribution in [0, 0.1) is 11.8 Å². The monoisotopic (exact) mass is 467 g/mol. The van der Waals surface area contributed by atoms with E-state index < -0.39 is 18.0 Å². The number of amides is 2. The van der Waals surface area contributed by atoms with Gasteiger partial charge >= 0.3 is 5.97 Å². The standard InChI is InChI=1S/C19H25N5O5S2/c1-8-13-12(9(2)25)17(27)24(13)14(18(28)29)15(8)31-10-5-23(6-10)19-22-11(7-30-19)16(26)21-4-3-20/h7-10,12-13,25H,3-6,20H2,1-2H3,(H,21,26)(H,28,29)/t8-,9-,12-,13-/m1/s1. The molecule has 3 aliphatic rings. The molecule has 1 aromatic rings. The van der Waals surface area contributed by atoms with Crippen LogP contribution >= 0.6 is 23.1 Å². The highest BCUT2D eigenvalue weighted by atomic mass is 32.2. The molecule has 2 amide bonds. The maximum absolute atomic E-state index is 12.4. The predicted octanol–water partition coefficient (Wildman–Crippen LogP) is -0.0929. The molecule has 0 aliphatic carbocycles. The third-order valence-corrected chi connectivity index (χ3v) is 8.23. The molecule has 4 rings (SSSR count). The van der Waals surface area contributed by atoms with Crippen molar-refractivity contribution in [3.05, 3.63) is 21.7 Å². The number of rotatable bonds is 8. The highest BCUT2D eigenvalue weighted by molar-refractivity contribution is 8.03. The van der Waals surface area contributed by atoms with Crippen LogP contribution in [0.15, 0.2) is 16.0 Å². The molecule has 5 N–H and O–H groups in total. The van der Waals surface area contributed by atoms with Crippen LogP contribution in [0.2, 0.25) is 0 Å². The first kappa shape index (κ1) is 22.1. The van der Waals surface area contributed by atoms with Crippen molar-refractivity contribution in [1.29, 1.82) is 0 Å². The number of carbonyl (C=O) groups is 3. The Bertz CT molecular complexity index is 942. The zero-order chi connectivity index (χ0) is 22.4. The van der Waals surface area contributed by atoms with Gasteiger partial charge in [-0.1, -0.05) is 6.92 Å². The van der Waals surface area contributed by atoms with Gasteiger partial charge in [-0.2, -0.15) is 0 Å². The molecule has 0 aromatic carbocycles. The van der Waals surface area contributed by atoms with Gasteiger partial charge in [0.05, 0.1) is 18.1 Å². The Balaban J connectivity index is 1.40. The van der Waals surface area contributed by atoms with Gasteiger partial charge in [-0.05, 0) is 6.92 Å². The number of anilines is 1. The summed E-state index contributed by atoms with van der Waals surface area (Å²) in [5.41, 5.74) is 5.80. The van der Waals surface area contributed by atoms with Crippen LogP contribution in [0.25, 0.3) is 0 Å². The maximum Gasteiger partial charge on any atom is 0.353 e. The molecule has 168 valence electrons. The lowest BCUT2D eigenvalue weighted by Crippen LogP contribution is -2.63. The molecule has 0 bridgehead atoms. The van der Waals surface area contributed by atoms with Crippen molar-refractivity contribution in [3.63, 3.8) is 0 Å². The van der Waals surface area contributed by atoms with Crippen LogP contribution in [-0.4, -0.2) is 81.5 Å². The quantitative estimate of drug-likeness (QED) is 0.385. The fraction of sp³-hybridized carbons (Fsp3) is 0.579. The molecular formula is C19H25N5O5S2. The fourth-order valence-corrected chi connectivity index (χ4v) is 6.66. The van der Waals surface area contributed by atoms with Gasteiger partial charge in [0, 0.05) is 47.6 Å². The Hall–Kier alpha value is -2.15. The smallest absolute Gasteiger partial charge is 0.353 e. The molecule has 0 unspecified atom stereocenters. The second-order valence-electron chi connectivity index (χ2n) is 7.98. The Morgan fingerprint density at radius 3 is 2.77 bits per heavy atom. The SMILES string of the molecule is C[C@@H](O)[C@H]1C(=O)N2C(C(=O)O)=C(SC3CN(c4nc(C(=O)NCCN)cs4)C3)[C@H](C)[C@H]12. The van der Waals surface area contributed by atoms with Crippen LogP contribution in [0.1, 0.15) is 24.3 Å². The zero-order valence-corrected chi connectivity index (χ0v) is 18.8. The highest BCUT2D eigenvalue weighted by Gasteiger charge is 2.60. The molecule has 2 fully saturated rings. The van der Waals surface area contributed by atoms with Crippen LogP contribution in [0.4, 0.5) is 5.13 Å². The fourth-order valence-electron chi connectivity index (χ4n) is 4.32. The molecule has 31 heavy (non-hydrogen) atoms. The second kappa shape index (κ2) is 8.41. The minimum atomic E-state index is -1.11. The molecular weight excluding hydrogens is 442 g/mol. The van der Waals surface area contributed by atoms with Gasteiger partial charge in [0.25, 0.3) is 5.91 Å². The summed E-state index contributed by atoms with van der Waals surface area (Å²) in [6, 6.07) is -0.300. The Morgan fingerprint density at radius 2 is 2.16 bits per heavy atom. The van der Waals surface area contributed by atoms with Crippen molar-refractivity contribution in [3.8, 4) is 0 Å². The van der Waals surface area contributed by atoms with E-state index in [2.05, 4.69) is 10.3 Å². The van der Waals surface area contributed by atoms with Crippen molar-refractivity contribution in [2.45, 2.75) is 31.2 Å². The van der Waals surface area contributed by atoms with Crippen LogP contribution < -0.4 is 16.0 Å². The number of β-lactam (4-membered cyclic amide) rings is 1. The Morgan fingerprint density at radius 1 is 1.45 bits per heavy atom. The van der Waals surface area contributed by atoms with E-state index >= 15 is 0 Å². The number of aromatic nitrogens is 1. The van der Waals surface area contributed by atoms with E-state index in [1.54, 1.807) is 12.3 Å². The average molecular weight is 468 g/mol. The molecule has 12 heteroatoms. The van der Waals surface area contributed by atoms with E-state index in [0.717, 1.165) is 5.13 Å². The average Bonchev–Trinajstić information content (AvgIpc) is 3.24. The normalized spacial score (nSPS) is 26.5. The van der Waals surface area contributed by atoms with E-state index in [4.69, 9.17) is 5.73 Å². The first-order valence-corrected chi connectivity index (χ1v) is 11.8. The lowest BCUT2D eigenvalue weighted by atomic mass is 9.79. The summed E-state index contributed by atoms with van der Waals surface area (Å²) in [6.07, 6.45) is -0.809. The van der Waals surface area contributed by atoms with Gasteiger partial charge in [0.1, 0.15) is 11.4 Å². The van der Waals surface area contributed by atoms with E-state index in [9.17, 15) is 24.6 Å². The Kier molecular flexibility index (Phi) is 5.99. The topological polar surface area (TPSA) is 149 Å². The summed E-state index contributed by atoms with van der Waals surface area (Å²) in [6.45, 7) is 5.58. The summed E-state index contributed by atoms with van der Waals surface area (Å²) in [5, 5.41) is 25.0. The first-order chi connectivity index (χ1) is 14.7. The van der Waals surface area contributed by atoms with Crippen molar-refractivity contribution in [2.24, 2.45) is 17.6 Å². The number of fused-ring (bicyclic) bond motifs is 1.